The van der Waals surface area contributed by atoms with Crippen LogP contribution in [0.4, 0.5) is 0 Å². The van der Waals surface area contributed by atoms with E-state index in [0.29, 0.717) is 6.54 Å². The van der Waals surface area contributed by atoms with Gasteiger partial charge in [-0.05, 0) is 11.4 Å². The van der Waals surface area contributed by atoms with E-state index < -0.39 is 6.04 Å². The number of hydrogen-bond donors (Lipinski definition) is 1. The van der Waals surface area contributed by atoms with Gasteiger partial charge in [-0.1, -0.05) is 6.07 Å². The lowest BCUT2D eigenvalue weighted by molar-refractivity contribution is -0.132. The van der Waals surface area contributed by atoms with Crippen LogP contribution in [0.25, 0.3) is 0 Å². The fourth-order valence-electron chi connectivity index (χ4n) is 1.67. The molecule has 2 aromatic rings. The molecule has 0 bridgehead atoms. The monoisotopic (exact) mass is 264 g/mol. The molecule has 0 saturated carbocycles. The Morgan fingerprint density at radius 2 is 2.44 bits per heavy atom. The van der Waals surface area contributed by atoms with E-state index in [9.17, 15) is 4.79 Å². The zero-order valence-corrected chi connectivity index (χ0v) is 11.2. The Balaban J connectivity index is 2.03. The van der Waals surface area contributed by atoms with Crippen LogP contribution in [0.15, 0.2) is 29.9 Å². The molecule has 2 rings (SSSR count). The largest absolute Gasteiger partial charge is 0.337 e. The first-order chi connectivity index (χ1) is 8.59. The Kier molecular flexibility index (Phi) is 3.78. The van der Waals surface area contributed by atoms with Crippen molar-refractivity contribution in [3.63, 3.8) is 0 Å². The van der Waals surface area contributed by atoms with Gasteiger partial charge < -0.3 is 15.2 Å². The maximum atomic E-state index is 12.1. The summed E-state index contributed by atoms with van der Waals surface area (Å²) in [4.78, 5) is 18.8. The molecule has 0 aliphatic heterocycles. The third kappa shape index (κ3) is 2.60. The fraction of sp³-hybridized carbons (Fsp3) is 0.333. The molecule has 0 aliphatic rings. The van der Waals surface area contributed by atoms with Gasteiger partial charge in [0.2, 0.25) is 5.91 Å². The van der Waals surface area contributed by atoms with E-state index in [1.807, 2.05) is 35.3 Å². The first kappa shape index (κ1) is 12.8. The van der Waals surface area contributed by atoms with Crippen molar-refractivity contribution in [2.24, 2.45) is 12.8 Å². The van der Waals surface area contributed by atoms with Gasteiger partial charge in [0.25, 0.3) is 0 Å². The zero-order valence-electron chi connectivity index (χ0n) is 10.4. The minimum Gasteiger partial charge on any atom is -0.337 e. The highest BCUT2D eigenvalue weighted by atomic mass is 32.1. The molecule has 2 aromatic heterocycles. The molecule has 0 fully saturated rings. The number of rotatable bonds is 4. The Morgan fingerprint density at radius 1 is 1.67 bits per heavy atom. The summed E-state index contributed by atoms with van der Waals surface area (Å²) in [6.45, 7) is 0.460. The molecule has 18 heavy (non-hydrogen) atoms. The summed E-state index contributed by atoms with van der Waals surface area (Å²) in [5, 5.41) is 1.92. The molecule has 1 atom stereocenters. The third-order valence-electron chi connectivity index (χ3n) is 2.79. The molecule has 0 radical (unpaired) electrons. The van der Waals surface area contributed by atoms with Crippen LogP contribution in [0.2, 0.25) is 0 Å². The first-order valence-electron chi connectivity index (χ1n) is 5.59. The van der Waals surface area contributed by atoms with Crippen molar-refractivity contribution < 1.29 is 4.79 Å². The second kappa shape index (κ2) is 5.32. The van der Waals surface area contributed by atoms with Gasteiger partial charge in [0.15, 0.2) is 0 Å². The van der Waals surface area contributed by atoms with Crippen LogP contribution in [0.1, 0.15) is 16.7 Å². The number of nitrogens with zero attached hydrogens (tertiary/aromatic N) is 3. The molecule has 0 aromatic carbocycles. The number of thiophene rings is 1. The average Bonchev–Trinajstić information content (AvgIpc) is 3.00. The van der Waals surface area contributed by atoms with E-state index in [1.54, 1.807) is 18.1 Å². The number of imidazole rings is 1. The number of nitrogens with two attached hydrogens (primary N) is 1. The Morgan fingerprint density at radius 3 is 3.00 bits per heavy atom. The Hall–Kier alpha value is -1.66. The molecule has 2 heterocycles. The second-order valence-electron chi connectivity index (χ2n) is 4.14. The normalized spacial score (nSPS) is 12.4. The van der Waals surface area contributed by atoms with Crippen LogP contribution >= 0.6 is 11.3 Å². The van der Waals surface area contributed by atoms with Gasteiger partial charge in [0.05, 0.1) is 6.54 Å². The van der Waals surface area contributed by atoms with Crippen molar-refractivity contribution in [1.29, 1.82) is 0 Å². The van der Waals surface area contributed by atoms with Crippen molar-refractivity contribution in [2.45, 2.75) is 12.6 Å². The van der Waals surface area contributed by atoms with Crippen LogP contribution in [-0.2, 0) is 18.4 Å². The molecule has 96 valence electrons. The van der Waals surface area contributed by atoms with E-state index >= 15 is 0 Å². The molecule has 5 nitrogen and oxygen atoms in total. The maximum Gasteiger partial charge on any atom is 0.245 e. The summed E-state index contributed by atoms with van der Waals surface area (Å²) >= 11 is 1.49. The van der Waals surface area contributed by atoms with Gasteiger partial charge in [-0.3, -0.25) is 4.79 Å². The topological polar surface area (TPSA) is 64.2 Å². The molecule has 2 N–H and O–H groups in total. The van der Waals surface area contributed by atoms with Gasteiger partial charge in [-0.15, -0.1) is 11.3 Å². The number of aromatic nitrogens is 2. The van der Waals surface area contributed by atoms with Gasteiger partial charge in [-0.2, -0.15) is 0 Å². The summed E-state index contributed by atoms with van der Waals surface area (Å²) in [7, 11) is 3.64. The predicted molar refractivity (Wildman–Crippen MR) is 70.9 cm³/mol. The van der Waals surface area contributed by atoms with Crippen molar-refractivity contribution >= 4 is 17.2 Å². The number of likely N-dealkylation sites (N-methyl/N-ethyl adjacent to an activating group) is 1. The SMILES string of the molecule is CN(Cc1nccn1C)C(=O)C(N)c1cccs1. The highest BCUT2D eigenvalue weighted by Gasteiger charge is 2.21. The van der Waals surface area contributed by atoms with E-state index in [4.69, 9.17) is 5.73 Å². The molecule has 6 heteroatoms. The van der Waals surface area contributed by atoms with Crippen molar-refractivity contribution in [3.8, 4) is 0 Å². The van der Waals surface area contributed by atoms with Gasteiger partial charge in [-0.25, -0.2) is 4.98 Å². The van der Waals surface area contributed by atoms with Crippen molar-refractivity contribution in [1.82, 2.24) is 14.5 Å². The number of aryl methyl sites for hydroxylation is 1. The van der Waals surface area contributed by atoms with Crippen LogP contribution in [-0.4, -0.2) is 27.4 Å². The summed E-state index contributed by atoms with van der Waals surface area (Å²) < 4.78 is 1.89. The average molecular weight is 264 g/mol. The fourth-order valence-corrected chi connectivity index (χ4v) is 2.39. The summed E-state index contributed by atoms with van der Waals surface area (Å²) in [6.07, 6.45) is 3.57. The van der Waals surface area contributed by atoms with Crippen LogP contribution in [0.3, 0.4) is 0 Å². The molecular weight excluding hydrogens is 248 g/mol. The number of amides is 1. The third-order valence-corrected chi connectivity index (χ3v) is 3.75. The summed E-state index contributed by atoms with van der Waals surface area (Å²) in [5.41, 5.74) is 5.94. The first-order valence-corrected chi connectivity index (χ1v) is 6.47. The van der Waals surface area contributed by atoms with Gasteiger partial charge in [0.1, 0.15) is 11.9 Å². The van der Waals surface area contributed by atoms with Crippen molar-refractivity contribution in [3.05, 3.63) is 40.6 Å². The molecular formula is C12H16N4OS. The van der Waals surface area contributed by atoms with E-state index in [0.717, 1.165) is 10.7 Å². The summed E-state index contributed by atoms with van der Waals surface area (Å²) in [5.74, 6) is 0.740. The lowest BCUT2D eigenvalue weighted by Gasteiger charge is -2.20. The van der Waals surface area contributed by atoms with E-state index in [1.165, 1.54) is 11.3 Å². The Labute approximate surface area is 110 Å². The standard InChI is InChI=1S/C12H16N4OS/c1-15-6-5-14-10(15)8-16(2)12(17)11(13)9-4-3-7-18-9/h3-7,11H,8,13H2,1-2H3. The van der Waals surface area contributed by atoms with Crippen LogP contribution in [0.5, 0.6) is 0 Å². The maximum absolute atomic E-state index is 12.1. The predicted octanol–water partition coefficient (Wildman–Crippen LogP) is 1.14. The number of hydrogen-bond acceptors (Lipinski definition) is 4. The van der Waals surface area contributed by atoms with Gasteiger partial charge >= 0.3 is 0 Å². The summed E-state index contributed by atoms with van der Waals surface area (Å²) in [6, 6.07) is 3.18. The minimum atomic E-state index is -0.588. The smallest absolute Gasteiger partial charge is 0.245 e. The quantitative estimate of drug-likeness (QED) is 0.900. The highest BCUT2D eigenvalue weighted by Crippen LogP contribution is 2.18. The molecule has 0 aliphatic carbocycles. The molecule has 0 spiro atoms. The molecule has 0 saturated heterocycles. The molecule has 1 amide bonds. The van der Waals surface area contributed by atoms with E-state index in [-0.39, 0.29) is 5.91 Å². The van der Waals surface area contributed by atoms with Gasteiger partial charge in [0, 0.05) is 31.4 Å². The van der Waals surface area contributed by atoms with E-state index in [2.05, 4.69) is 4.98 Å². The second-order valence-corrected chi connectivity index (χ2v) is 5.12. The lowest BCUT2D eigenvalue weighted by Crippen LogP contribution is -2.35. The zero-order chi connectivity index (χ0) is 13.1. The van der Waals surface area contributed by atoms with Crippen LogP contribution in [0, 0.1) is 0 Å². The Bertz CT molecular complexity index is 520. The van der Waals surface area contributed by atoms with Crippen LogP contribution < -0.4 is 5.73 Å². The number of carbonyl (C=O) groups excluding carboxylic acids is 1. The number of carbonyl (C=O) groups is 1. The minimum absolute atomic E-state index is 0.0968. The lowest BCUT2D eigenvalue weighted by atomic mass is 10.2. The van der Waals surface area contributed by atoms with Crippen molar-refractivity contribution in [2.75, 3.05) is 7.05 Å². The highest BCUT2D eigenvalue weighted by molar-refractivity contribution is 7.10. The molecule has 1 unspecified atom stereocenters.